The topological polar surface area (TPSA) is 47.5 Å². The quantitative estimate of drug-likeness (QED) is 0.787. The number of anilines is 1. The Labute approximate surface area is 147 Å². The molecule has 2 saturated heterocycles. The van der Waals surface area contributed by atoms with Crippen LogP contribution in [0, 0.1) is 19.3 Å². The Morgan fingerprint density at radius 3 is 2.42 bits per heavy atom. The van der Waals surface area contributed by atoms with Crippen molar-refractivity contribution in [2.45, 2.75) is 46.3 Å². The molecule has 0 radical (unpaired) electrons. The highest BCUT2D eigenvalue weighted by Gasteiger charge is 2.43. The Hall–Kier alpha value is -1.24. The minimum atomic E-state index is -0.391. The average molecular weight is 347 g/mol. The maximum atomic E-state index is 6.14. The van der Waals surface area contributed by atoms with Gasteiger partial charge in [-0.05, 0) is 19.4 Å². The van der Waals surface area contributed by atoms with Gasteiger partial charge in [-0.3, -0.25) is 0 Å². The lowest BCUT2D eigenvalue weighted by molar-refractivity contribution is -0.305. The molecule has 0 aromatic carbocycles. The van der Waals surface area contributed by atoms with Crippen molar-refractivity contribution in [1.82, 2.24) is 9.97 Å². The van der Waals surface area contributed by atoms with Crippen molar-refractivity contribution < 1.29 is 9.47 Å². The van der Waals surface area contributed by atoms with Crippen molar-refractivity contribution in [3.8, 4) is 0 Å². The highest BCUT2D eigenvalue weighted by atomic mass is 32.1. The predicted octanol–water partition coefficient (Wildman–Crippen LogP) is 3.68. The molecule has 0 aliphatic carbocycles. The van der Waals surface area contributed by atoms with E-state index in [4.69, 9.17) is 9.47 Å². The Balaban J connectivity index is 1.55. The van der Waals surface area contributed by atoms with E-state index in [0.29, 0.717) is 0 Å². The third-order valence-electron chi connectivity index (χ3n) is 5.22. The third kappa shape index (κ3) is 2.70. The first kappa shape index (κ1) is 16.2. The highest BCUT2D eigenvalue weighted by molar-refractivity contribution is 7.18. The smallest absolute Gasteiger partial charge is 0.171 e. The van der Waals surface area contributed by atoms with Gasteiger partial charge in [0, 0.05) is 36.2 Å². The van der Waals surface area contributed by atoms with E-state index in [9.17, 15) is 0 Å². The summed E-state index contributed by atoms with van der Waals surface area (Å²) in [5, 5.41) is 1.21. The molecule has 4 rings (SSSR count). The number of hydrogen-bond donors (Lipinski definition) is 0. The van der Waals surface area contributed by atoms with Gasteiger partial charge in [-0.15, -0.1) is 11.3 Å². The number of aromatic nitrogens is 2. The van der Waals surface area contributed by atoms with Crippen molar-refractivity contribution in [3.63, 3.8) is 0 Å². The van der Waals surface area contributed by atoms with Gasteiger partial charge in [0.25, 0.3) is 0 Å². The zero-order chi connectivity index (χ0) is 16.9. The summed E-state index contributed by atoms with van der Waals surface area (Å²) in [6, 6.07) is 0. The summed E-state index contributed by atoms with van der Waals surface area (Å²) in [6.07, 6.45) is 3.46. The lowest BCUT2D eigenvalue weighted by Gasteiger charge is -2.47. The Kier molecular flexibility index (Phi) is 3.82. The van der Waals surface area contributed by atoms with E-state index in [2.05, 4.69) is 42.6 Å². The van der Waals surface area contributed by atoms with Crippen LogP contribution in [0.3, 0.4) is 0 Å². The molecule has 0 unspecified atom stereocenters. The van der Waals surface area contributed by atoms with Gasteiger partial charge in [0.1, 0.15) is 17.0 Å². The van der Waals surface area contributed by atoms with Crippen LogP contribution >= 0.6 is 11.3 Å². The normalized spacial score (nSPS) is 23.1. The van der Waals surface area contributed by atoms with Gasteiger partial charge >= 0.3 is 0 Å². The molecule has 0 atom stereocenters. The molecule has 4 heterocycles. The molecule has 2 aliphatic rings. The lowest BCUT2D eigenvalue weighted by Crippen LogP contribution is -2.53. The summed E-state index contributed by atoms with van der Waals surface area (Å²) < 4.78 is 12.3. The summed E-state index contributed by atoms with van der Waals surface area (Å²) in [6.45, 7) is 12.1. The van der Waals surface area contributed by atoms with Crippen LogP contribution in [0.4, 0.5) is 5.82 Å². The van der Waals surface area contributed by atoms with Crippen LogP contribution in [0.5, 0.6) is 0 Å². The molecule has 2 fully saturated rings. The largest absolute Gasteiger partial charge is 0.356 e. The molecule has 6 heteroatoms. The molecule has 130 valence electrons. The van der Waals surface area contributed by atoms with Crippen molar-refractivity contribution in [2.24, 2.45) is 5.41 Å². The van der Waals surface area contributed by atoms with E-state index >= 15 is 0 Å². The van der Waals surface area contributed by atoms with Crippen LogP contribution in [0.1, 0.15) is 37.1 Å². The van der Waals surface area contributed by atoms with E-state index in [-0.39, 0.29) is 5.41 Å². The zero-order valence-corrected chi connectivity index (χ0v) is 15.7. The number of ether oxygens (including phenoxy) is 2. The standard InChI is InChI=1S/C18H25N3O2S/c1-12-13(2)24-16-14(12)15(19-11-20-16)21-7-5-18(6-8-21)22-9-17(3,4)10-23-18/h11H,5-10H2,1-4H3. The molecule has 0 N–H and O–H groups in total. The van der Waals surface area contributed by atoms with E-state index in [0.717, 1.165) is 49.8 Å². The van der Waals surface area contributed by atoms with Crippen molar-refractivity contribution in [2.75, 3.05) is 31.2 Å². The Morgan fingerprint density at radius 2 is 1.75 bits per heavy atom. The van der Waals surface area contributed by atoms with E-state index < -0.39 is 5.79 Å². The Morgan fingerprint density at radius 1 is 1.08 bits per heavy atom. The first-order chi connectivity index (χ1) is 11.4. The van der Waals surface area contributed by atoms with E-state index in [1.54, 1.807) is 17.7 Å². The zero-order valence-electron chi connectivity index (χ0n) is 14.9. The second-order valence-corrected chi connectivity index (χ2v) is 9.00. The SMILES string of the molecule is Cc1sc2ncnc(N3CCC4(CC3)OCC(C)(C)CO4)c2c1C. The van der Waals surface area contributed by atoms with Crippen LogP contribution in [0.25, 0.3) is 10.2 Å². The number of nitrogens with zero attached hydrogens (tertiary/aromatic N) is 3. The summed E-state index contributed by atoms with van der Waals surface area (Å²) in [5.74, 6) is 0.672. The van der Waals surface area contributed by atoms with Gasteiger partial charge in [-0.25, -0.2) is 9.97 Å². The van der Waals surface area contributed by atoms with Crippen molar-refractivity contribution in [1.29, 1.82) is 0 Å². The second-order valence-electron chi connectivity index (χ2n) is 7.80. The molecular formula is C18H25N3O2S. The van der Waals surface area contributed by atoms with Crippen LogP contribution in [-0.4, -0.2) is 42.1 Å². The van der Waals surface area contributed by atoms with Crippen LogP contribution < -0.4 is 4.90 Å². The number of fused-ring (bicyclic) bond motifs is 1. The summed E-state index contributed by atoms with van der Waals surface area (Å²) in [4.78, 5) is 13.8. The molecule has 2 aliphatic heterocycles. The minimum absolute atomic E-state index is 0.118. The van der Waals surface area contributed by atoms with E-state index in [1.165, 1.54) is 15.8 Å². The average Bonchev–Trinajstić information content (AvgIpc) is 2.86. The highest BCUT2D eigenvalue weighted by Crippen LogP contribution is 2.39. The van der Waals surface area contributed by atoms with Crippen molar-refractivity contribution >= 4 is 27.4 Å². The fraction of sp³-hybridized carbons (Fsp3) is 0.667. The number of hydrogen-bond acceptors (Lipinski definition) is 6. The monoisotopic (exact) mass is 347 g/mol. The molecule has 24 heavy (non-hydrogen) atoms. The van der Waals surface area contributed by atoms with Gasteiger partial charge in [0.2, 0.25) is 0 Å². The lowest BCUT2D eigenvalue weighted by atomic mass is 9.92. The summed E-state index contributed by atoms with van der Waals surface area (Å²) in [5.41, 5.74) is 1.42. The fourth-order valence-electron chi connectivity index (χ4n) is 3.49. The maximum absolute atomic E-state index is 6.14. The van der Waals surface area contributed by atoms with Crippen LogP contribution in [0.2, 0.25) is 0 Å². The fourth-order valence-corrected chi connectivity index (χ4v) is 4.48. The number of thiophene rings is 1. The molecular weight excluding hydrogens is 322 g/mol. The van der Waals surface area contributed by atoms with Crippen molar-refractivity contribution in [3.05, 3.63) is 16.8 Å². The molecule has 1 spiro atoms. The van der Waals surface area contributed by atoms with Crippen LogP contribution in [-0.2, 0) is 9.47 Å². The predicted molar refractivity (Wildman–Crippen MR) is 96.8 cm³/mol. The van der Waals surface area contributed by atoms with Gasteiger partial charge in [0.05, 0.1) is 18.6 Å². The number of rotatable bonds is 1. The number of aryl methyl sites for hydroxylation is 2. The third-order valence-corrected chi connectivity index (χ3v) is 6.34. The molecule has 0 bridgehead atoms. The second kappa shape index (κ2) is 5.64. The molecule has 2 aromatic rings. The van der Waals surface area contributed by atoms with E-state index in [1.807, 2.05) is 0 Å². The summed E-state index contributed by atoms with van der Waals surface area (Å²) >= 11 is 1.75. The molecule has 2 aromatic heterocycles. The van der Waals surface area contributed by atoms with Gasteiger partial charge in [0.15, 0.2) is 5.79 Å². The molecule has 5 nitrogen and oxygen atoms in total. The minimum Gasteiger partial charge on any atom is -0.356 e. The first-order valence-electron chi connectivity index (χ1n) is 8.63. The molecule has 0 amide bonds. The Bertz CT molecular complexity index is 751. The summed E-state index contributed by atoms with van der Waals surface area (Å²) in [7, 11) is 0. The molecule has 0 saturated carbocycles. The van der Waals surface area contributed by atoms with Gasteiger partial charge < -0.3 is 14.4 Å². The van der Waals surface area contributed by atoms with Crippen LogP contribution in [0.15, 0.2) is 6.33 Å². The maximum Gasteiger partial charge on any atom is 0.171 e. The first-order valence-corrected chi connectivity index (χ1v) is 9.44. The van der Waals surface area contributed by atoms with Gasteiger partial charge in [-0.2, -0.15) is 0 Å². The van der Waals surface area contributed by atoms with Gasteiger partial charge in [-0.1, -0.05) is 13.8 Å². The number of piperidine rings is 1.